The Morgan fingerprint density at radius 1 is 0.536 bits per heavy atom. The van der Waals surface area contributed by atoms with Crippen molar-refractivity contribution in [2.45, 2.75) is 9.79 Å². The summed E-state index contributed by atoms with van der Waals surface area (Å²) in [5.41, 5.74) is -0.421. The molecule has 0 aliphatic carbocycles. The van der Waals surface area contributed by atoms with Gasteiger partial charge in [0.05, 0.1) is 9.79 Å². The summed E-state index contributed by atoms with van der Waals surface area (Å²) in [6.07, 6.45) is 0. The zero-order valence-electron chi connectivity index (χ0n) is 14.0. The molecule has 3 aromatic rings. The average molecular weight is 422 g/mol. The third-order valence-electron chi connectivity index (χ3n) is 3.54. The molecule has 0 aromatic heterocycles. The zero-order valence-corrected chi connectivity index (χ0v) is 15.7. The first-order chi connectivity index (χ1) is 13.2. The standard InChI is InChI=1S/C18H12F2N2O4S2/c19-13-5-9-15(10-6-13)27(23,24)21-17-3-1-2-4-18(17)22-28(25,26)16-11-7-14(20)8-12-16/h1-12H/q-2. The fraction of sp³-hybridized carbons (Fsp3) is 0. The minimum Gasteiger partial charge on any atom is -0.574 e. The van der Waals surface area contributed by atoms with E-state index in [0.717, 1.165) is 48.5 Å². The van der Waals surface area contributed by atoms with Gasteiger partial charge >= 0.3 is 0 Å². The second-order valence-electron chi connectivity index (χ2n) is 5.53. The third-order valence-corrected chi connectivity index (χ3v) is 6.15. The molecule has 0 heterocycles. The molecule has 0 fully saturated rings. The van der Waals surface area contributed by atoms with Crippen LogP contribution < -0.4 is 0 Å². The third kappa shape index (κ3) is 4.46. The highest BCUT2D eigenvalue weighted by Crippen LogP contribution is 2.40. The summed E-state index contributed by atoms with van der Waals surface area (Å²) in [5.74, 6) is -1.22. The predicted octanol–water partition coefficient (Wildman–Crippen LogP) is 4.75. The molecule has 10 heteroatoms. The zero-order chi connectivity index (χ0) is 20.4. The van der Waals surface area contributed by atoms with E-state index in [0.29, 0.717) is 0 Å². The SMILES string of the molecule is O=S(=O)([N-]c1ccccc1[N-]S(=O)(=O)c1ccc(F)cc1)c1ccc(F)cc1. The lowest BCUT2D eigenvalue weighted by Crippen LogP contribution is -2.00. The summed E-state index contributed by atoms with van der Waals surface area (Å²) in [6, 6.07) is 13.5. The summed E-state index contributed by atoms with van der Waals surface area (Å²) in [6.45, 7) is 0. The van der Waals surface area contributed by atoms with Crippen LogP contribution >= 0.6 is 0 Å². The van der Waals surface area contributed by atoms with Crippen LogP contribution in [0.1, 0.15) is 0 Å². The van der Waals surface area contributed by atoms with Gasteiger partial charge in [0.2, 0.25) is 0 Å². The van der Waals surface area contributed by atoms with Crippen LogP contribution in [-0.2, 0) is 20.0 Å². The van der Waals surface area contributed by atoms with Crippen LogP contribution in [0.15, 0.2) is 82.6 Å². The average Bonchev–Trinajstić information content (AvgIpc) is 2.64. The molecule has 0 bridgehead atoms. The molecule has 3 rings (SSSR count). The monoisotopic (exact) mass is 422 g/mol. The van der Waals surface area contributed by atoms with Gasteiger partial charge in [0.1, 0.15) is 31.7 Å². The second-order valence-corrected chi connectivity index (χ2v) is 8.74. The maximum Gasteiger partial charge on any atom is 0.123 e. The number of benzene rings is 3. The Hall–Kier alpha value is -2.98. The van der Waals surface area contributed by atoms with Crippen molar-refractivity contribution in [2.24, 2.45) is 0 Å². The molecule has 0 amide bonds. The van der Waals surface area contributed by atoms with Crippen molar-refractivity contribution in [1.82, 2.24) is 0 Å². The molecular formula is C18H12F2N2O4S2-2. The van der Waals surface area contributed by atoms with Crippen LogP contribution in [0.2, 0.25) is 0 Å². The van der Waals surface area contributed by atoms with E-state index in [1.165, 1.54) is 24.3 Å². The highest BCUT2D eigenvalue weighted by molar-refractivity contribution is 7.95. The van der Waals surface area contributed by atoms with Gasteiger partial charge in [-0.3, -0.25) is 0 Å². The fourth-order valence-corrected chi connectivity index (χ4v) is 4.19. The van der Waals surface area contributed by atoms with Crippen LogP contribution in [-0.4, -0.2) is 16.8 Å². The maximum absolute atomic E-state index is 13.0. The number of halogens is 2. The van der Waals surface area contributed by atoms with Crippen molar-refractivity contribution >= 4 is 31.4 Å². The summed E-state index contributed by atoms with van der Waals surface area (Å²) < 4.78 is 82.9. The first kappa shape index (κ1) is 19.8. The minimum atomic E-state index is -4.22. The van der Waals surface area contributed by atoms with E-state index in [9.17, 15) is 25.6 Å². The van der Waals surface area contributed by atoms with E-state index in [2.05, 4.69) is 9.44 Å². The highest BCUT2D eigenvalue weighted by atomic mass is 32.2. The molecule has 146 valence electrons. The van der Waals surface area contributed by atoms with Gasteiger partial charge in [0.25, 0.3) is 0 Å². The minimum absolute atomic E-state index is 0.211. The lowest BCUT2D eigenvalue weighted by atomic mass is 10.3. The van der Waals surface area contributed by atoms with E-state index in [-0.39, 0.29) is 21.2 Å². The molecule has 28 heavy (non-hydrogen) atoms. The number of rotatable bonds is 6. The molecule has 0 N–H and O–H groups in total. The van der Waals surface area contributed by atoms with Gasteiger partial charge in [-0.1, -0.05) is 24.3 Å². The molecule has 0 aliphatic rings. The highest BCUT2D eigenvalue weighted by Gasteiger charge is 2.08. The summed E-state index contributed by atoms with van der Waals surface area (Å²) in [7, 11) is -8.45. The number of nitrogens with zero attached hydrogens (tertiary/aromatic N) is 2. The molecule has 0 unspecified atom stereocenters. The van der Waals surface area contributed by atoms with Crippen molar-refractivity contribution in [2.75, 3.05) is 0 Å². The van der Waals surface area contributed by atoms with Crippen LogP contribution in [0.25, 0.3) is 9.44 Å². The summed E-state index contributed by atoms with van der Waals surface area (Å²) in [5, 5.41) is 0. The topological polar surface area (TPSA) is 96.5 Å². The fourth-order valence-electron chi connectivity index (χ4n) is 2.20. The van der Waals surface area contributed by atoms with Gasteiger partial charge in [0.15, 0.2) is 0 Å². The van der Waals surface area contributed by atoms with Crippen LogP contribution in [0.5, 0.6) is 0 Å². The molecule has 0 saturated carbocycles. The van der Waals surface area contributed by atoms with Crippen molar-refractivity contribution in [3.63, 3.8) is 0 Å². The Morgan fingerprint density at radius 2 is 0.857 bits per heavy atom. The van der Waals surface area contributed by atoms with Gasteiger partial charge in [-0.05, 0) is 48.5 Å². The van der Waals surface area contributed by atoms with E-state index in [1.807, 2.05) is 0 Å². The molecule has 6 nitrogen and oxygen atoms in total. The van der Waals surface area contributed by atoms with Gasteiger partial charge in [-0.2, -0.15) is 0 Å². The Kier molecular flexibility index (Phi) is 5.34. The Balaban J connectivity index is 1.91. The van der Waals surface area contributed by atoms with Gasteiger partial charge in [-0.15, -0.1) is 11.4 Å². The molecule has 0 saturated heterocycles. The van der Waals surface area contributed by atoms with Crippen LogP contribution in [0.4, 0.5) is 20.2 Å². The van der Waals surface area contributed by atoms with Gasteiger partial charge < -0.3 is 9.44 Å². The van der Waals surface area contributed by atoms with Gasteiger partial charge in [-0.25, -0.2) is 25.6 Å². The van der Waals surface area contributed by atoms with E-state index in [4.69, 9.17) is 0 Å². The summed E-state index contributed by atoms with van der Waals surface area (Å²) >= 11 is 0. The quantitative estimate of drug-likeness (QED) is 0.572. The van der Waals surface area contributed by atoms with Crippen molar-refractivity contribution in [3.8, 4) is 0 Å². The smallest absolute Gasteiger partial charge is 0.123 e. The summed E-state index contributed by atoms with van der Waals surface area (Å²) in [4.78, 5) is -0.518. The molecule has 0 spiro atoms. The first-order valence-electron chi connectivity index (χ1n) is 7.74. The molecule has 3 aromatic carbocycles. The molecular weight excluding hydrogens is 410 g/mol. The number of sulfonamides is 2. The second kappa shape index (κ2) is 7.56. The Morgan fingerprint density at radius 3 is 1.18 bits per heavy atom. The Bertz CT molecular complexity index is 1100. The Labute approximate surface area is 160 Å². The number of hydrogen-bond acceptors (Lipinski definition) is 4. The van der Waals surface area contributed by atoms with Crippen molar-refractivity contribution in [3.05, 3.63) is 93.9 Å². The largest absolute Gasteiger partial charge is 0.574 e. The normalized spacial score (nSPS) is 11.8. The predicted molar refractivity (Wildman–Crippen MR) is 99.7 cm³/mol. The number of hydrogen-bond donors (Lipinski definition) is 0. The molecule has 0 atom stereocenters. The molecule has 0 aliphatic heterocycles. The lowest BCUT2D eigenvalue weighted by molar-refractivity contribution is 0.599. The first-order valence-corrected chi connectivity index (χ1v) is 10.6. The van der Waals surface area contributed by atoms with Gasteiger partial charge in [0, 0.05) is 0 Å². The van der Waals surface area contributed by atoms with Crippen molar-refractivity contribution < 1.29 is 25.6 Å². The maximum atomic E-state index is 13.0. The molecule has 0 radical (unpaired) electrons. The van der Waals surface area contributed by atoms with Crippen LogP contribution in [0, 0.1) is 11.6 Å². The van der Waals surface area contributed by atoms with E-state index >= 15 is 0 Å². The van der Waals surface area contributed by atoms with Crippen molar-refractivity contribution in [1.29, 1.82) is 0 Å². The van der Waals surface area contributed by atoms with E-state index in [1.54, 1.807) is 0 Å². The van der Waals surface area contributed by atoms with Crippen LogP contribution in [0.3, 0.4) is 0 Å². The van der Waals surface area contributed by atoms with E-state index < -0.39 is 31.7 Å². The lowest BCUT2D eigenvalue weighted by Gasteiger charge is -2.32.